The number of hydrazine groups is 1. The Balaban J connectivity index is 1.95. The first-order chi connectivity index (χ1) is 10.9. The predicted octanol–water partition coefficient (Wildman–Crippen LogP) is 4.67. The van der Waals surface area contributed by atoms with Crippen molar-refractivity contribution >= 4 is 67.8 Å². The van der Waals surface area contributed by atoms with Crippen LogP contribution in [-0.4, -0.2) is 11.0 Å². The van der Waals surface area contributed by atoms with Gasteiger partial charge in [-0.15, -0.1) is 11.3 Å². The molecule has 122 valence electrons. The first kappa shape index (κ1) is 18.2. The lowest BCUT2D eigenvalue weighted by molar-refractivity contribution is 0.0943. The zero-order valence-electron chi connectivity index (χ0n) is 12.5. The van der Waals surface area contributed by atoms with E-state index < -0.39 is 0 Å². The van der Waals surface area contributed by atoms with Gasteiger partial charge >= 0.3 is 0 Å². The van der Waals surface area contributed by atoms with Crippen LogP contribution in [0, 0.1) is 6.92 Å². The summed E-state index contributed by atoms with van der Waals surface area (Å²) in [6.07, 6.45) is 0.815. The maximum atomic E-state index is 12.2. The van der Waals surface area contributed by atoms with E-state index in [9.17, 15) is 4.79 Å². The molecule has 0 aliphatic carbocycles. The molecule has 0 atom stereocenters. The Morgan fingerprint density at radius 2 is 2.13 bits per heavy atom. The minimum absolute atomic E-state index is 0.211. The van der Waals surface area contributed by atoms with Crippen molar-refractivity contribution in [2.45, 2.75) is 20.3 Å². The van der Waals surface area contributed by atoms with Crippen LogP contribution in [-0.2, 0) is 6.42 Å². The molecule has 0 saturated heterocycles. The summed E-state index contributed by atoms with van der Waals surface area (Å²) in [5, 5.41) is 5.57. The second-order valence-corrected chi connectivity index (χ2v) is 7.51. The number of thiophene rings is 1. The van der Waals surface area contributed by atoms with Crippen LogP contribution in [0.3, 0.4) is 0 Å². The smallest absolute Gasteiger partial charge is 0.270 e. The monoisotopic (exact) mass is 431 g/mol. The molecule has 1 heterocycles. The number of amides is 1. The second-order valence-electron chi connectivity index (χ2n) is 4.70. The topological polar surface area (TPSA) is 53.2 Å². The zero-order valence-corrected chi connectivity index (χ0v) is 16.5. The summed E-state index contributed by atoms with van der Waals surface area (Å²) in [5.74, 6) is -0.211. The van der Waals surface area contributed by atoms with Crippen molar-refractivity contribution in [3.8, 4) is 0 Å². The van der Waals surface area contributed by atoms with Crippen LogP contribution < -0.4 is 16.2 Å². The number of benzene rings is 1. The number of nitrogens with one attached hydrogen (secondary N) is 3. The van der Waals surface area contributed by atoms with Crippen molar-refractivity contribution in [1.29, 1.82) is 0 Å². The summed E-state index contributed by atoms with van der Waals surface area (Å²) in [6, 6.07) is 5.39. The summed E-state index contributed by atoms with van der Waals surface area (Å²) in [5.41, 5.74) is 7.67. The number of carbonyl (C=O) groups is 1. The molecule has 0 spiro atoms. The van der Waals surface area contributed by atoms with E-state index in [0.717, 1.165) is 21.3 Å². The molecule has 0 radical (unpaired) electrons. The van der Waals surface area contributed by atoms with Crippen molar-refractivity contribution in [1.82, 2.24) is 10.9 Å². The first-order valence-corrected chi connectivity index (χ1v) is 9.27. The standard InChI is InChI=1S/C15H15BrClN3OS2/c1-3-10-8(2)23-7-11(10)14(21)19-20-15(22)18-13-5-4-9(16)6-12(13)17/h4-7H,3H2,1-2H3,(H,19,21)(H2,18,20,22). The lowest BCUT2D eigenvalue weighted by Gasteiger charge is -2.13. The Labute approximate surface area is 157 Å². The average Bonchev–Trinajstić information content (AvgIpc) is 2.88. The third-order valence-electron chi connectivity index (χ3n) is 3.17. The number of thiocarbonyl (C=S) groups is 1. The normalized spacial score (nSPS) is 10.3. The fraction of sp³-hybridized carbons (Fsp3) is 0.200. The van der Waals surface area contributed by atoms with E-state index in [-0.39, 0.29) is 11.0 Å². The predicted molar refractivity (Wildman–Crippen MR) is 104 cm³/mol. The quantitative estimate of drug-likeness (QED) is 0.487. The summed E-state index contributed by atoms with van der Waals surface area (Å²) in [4.78, 5) is 13.4. The van der Waals surface area contributed by atoms with Gasteiger partial charge in [-0.2, -0.15) is 0 Å². The van der Waals surface area contributed by atoms with Crippen LogP contribution in [0.4, 0.5) is 5.69 Å². The maximum absolute atomic E-state index is 12.2. The lowest BCUT2D eigenvalue weighted by atomic mass is 10.1. The Kier molecular flexibility index (Phi) is 6.41. The molecule has 0 aliphatic rings. The Hall–Kier alpha value is -1.15. The van der Waals surface area contributed by atoms with E-state index >= 15 is 0 Å². The highest BCUT2D eigenvalue weighted by Gasteiger charge is 2.14. The van der Waals surface area contributed by atoms with Gasteiger partial charge in [-0.05, 0) is 49.3 Å². The number of hydrogen-bond acceptors (Lipinski definition) is 3. The van der Waals surface area contributed by atoms with E-state index in [0.29, 0.717) is 16.3 Å². The highest BCUT2D eigenvalue weighted by molar-refractivity contribution is 9.10. The van der Waals surface area contributed by atoms with E-state index in [2.05, 4.69) is 32.1 Å². The van der Waals surface area contributed by atoms with Gasteiger partial charge in [0, 0.05) is 14.7 Å². The zero-order chi connectivity index (χ0) is 17.0. The van der Waals surface area contributed by atoms with Crippen molar-refractivity contribution in [2.24, 2.45) is 0 Å². The van der Waals surface area contributed by atoms with Gasteiger partial charge < -0.3 is 5.32 Å². The van der Waals surface area contributed by atoms with Crippen LogP contribution in [0.2, 0.25) is 5.02 Å². The Morgan fingerprint density at radius 3 is 2.78 bits per heavy atom. The highest BCUT2D eigenvalue weighted by atomic mass is 79.9. The van der Waals surface area contributed by atoms with Crippen molar-refractivity contribution in [2.75, 3.05) is 5.32 Å². The van der Waals surface area contributed by atoms with Gasteiger partial charge in [0.15, 0.2) is 5.11 Å². The maximum Gasteiger partial charge on any atom is 0.270 e. The van der Waals surface area contributed by atoms with Crippen LogP contribution >= 0.6 is 51.1 Å². The molecule has 0 bridgehead atoms. The van der Waals surface area contributed by atoms with Gasteiger partial charge in [0.2, 0.25) is 0 Å². The van der Waals surface area contributed by atoms with Gasteiger partial charge in [-0.1, -0.05) is 34.5 Å². The number of rotatable bonds is 3. The number of carbonyl (C=O) groups excluding carboxylic acids is 1. The molecule has 0 fully saturated rings. The average molecular weight is 433 g/mol. The molecule has 3 N–H and O–H groups in total. The molecule has 0 saturated carbocycles. The van der Waals surface area contributed by atoms with Gasteiger partial charge in [-0.25, -0.2) is 0 Å². The summed E-state index contributed by atoms with van der Waals surface area (Å²) >= 11 is 16.2. The molecule has 23 heavy (non-hydrogen) atoms. The molecule has 4 nitrogen and oxygen atoms in total. The molecule has 2 aromatic rings. The minimum atomic E-state index is -0.211. The van der Waals surface area contributed by atoms with E-state index in [1.807, 2.05) is 25.3 Å². The number of anilines is 1. The third kappa shape index (κ3) is 4.67. The molecule has 1 aromatic carbocycles. The fourth-order valence-electron chi connectivity index (χ4n) is 2.03. The van der Waals surface area contributed by atoms with E-state index in [1.54, 1.807) is 23.5 Å². The first-order valence-electron chi connectivity index (χ1n) is 6.81. The third-order valence-corrected chi connectivity index (χ3v) is 5.13. The van der Waals surface area contributed by atoms with E-state index in [1.165, 1.54) is 0 Å². The number of aryl methyl sites for hydroxylation is 1. The van der Waals surface area contributed by atoms with Crippen LogP contribution in [0.5, 0.6) is 0 Å². The largest absolute Gasteiger partial charge is 0.330 e. The van der Waals surface area contributed by atoms with Crippen LogP contribution in [0.25, 0.3) is 0 Å². The molecule has 1 amide bonds. The molecule has 1 aromatic heterocycles. The van der Waals surface area contributed by atoms with Crippen LogP contribution in [0.15, 0.2) is 28.1 Å². The van der Waals surface area contributed by atoms with Gasteiger partial charge in [0.05, 0.1) is 16.3 Å². The SMILES string of the molecule is CCc1c(C(=O)NNC(=S)Nc2ccc(Br)cc2Cl)csc1C. The number of hydrogen-bond donors (Lipinski definition) is 3. The molecular formula is C15H15BrClN3OS2. The van der Waals surface area contributed by atoms with Gasteiger partial charge in [0.1, 0.15) is 0 Å². The van der Waals surface area contributed by atoms with Gasteiger partial charge in [-0.3, -0.25) is 15.6 Å². The molecule has 2 rings (SSSR count). The second kappa shape index (κ2) is 8.10. The fourth-order valence-corrected chi connectivity index (χ4v) is 3.86. The lowest BCUT2D eigenvalue weighted by Crippen LogP contribution is -2.43. The van der Waals surface area contributed by atoms with Crippen molar-refractivity contribution < 1.29 is 4.79 Å². The summed E-state index contributed by atoms with van der Waals surface area (Å²) in [7, 11) is 0. The van der Waals surface area contributed by atoms with Crippen molar-refractivity contribution in [3.63, 3.8) is 0 Å². The Morgan fingerprint density at radius 1 is 1.39 bits per heavy atom. The Bertz CT molecular complexity index is 748. The molecule has 0 unspecified atom stereocenters. The van der Waals surface area contributed by atoms with Crippen molar-refractivity contribution in [3.05, 3.63) is 49.1 Å². The summed E-state index contributed by atoms with van der Waals surface area (Å²) in [6.45, 7) is 4.04. The number of halogens is 2. The van der Waals surface area contributed by atoms with Gasteiger partial charge in [0.25, 0.3) is 5.91 Å². The summed E-state index contributed by atoms with van der Waals surface area (Å²) < 4.78 is 0.875. The molecular weight excluding hydrogens is 418 g/mol. The molecule has 8 heteroatoms. The highest BCUT2D eigenvalue weighted by Crippen LogP contribution is 2.25. The minimum Gasteiger partial charge on any atom is -0.330 e. The molecule has 0 aliphatic heterocycles. The van der Waals surface area contributed by atoms with E-state index in [4.69, 9.17) is 23.8 Å². The van der Waals surface area contributed by atoms with Crippen LogP contribution in [0.1, 0.15) is 27.7 Å².